The van der Waals surface area contributed by atoms with Gasteiger partial charge < -0.3 is 5.73 Å². The van der Waals surface area contributed by atoms with Gasteiger partial charge in [-0.15, -0.1) is 0 Å². The molecule has 1 aromatic carbocycles. The molecule has 0 heterocycles. The molecule has 1 rings (SSSR count). The summed E-state index contributed by atoms with van der Waals surface area (Å²) in [7, 11) is 0. The summed E-state index contributed by atoms with van der Waals surface area (Å²) in [6.07, 6.45) is 2.09. The van der Waals surface area contributed by atoms with Crippen LogP contribution in [0.25, 0.3) is 0 Å². The van der Waals surface area contributed by atoms with Gasteiger partial charge in [-0.25, -0.2) is 0 Å². The first-order valence-corrected chi connectivity index (χ1v) is 4.63. The molecule has 0 fully saturated rings. The van der Waals surface area contributed by atoms with Gasteiger partial charge in [0.05, 0.1) is 6.42 Å². The first-order valence-electron chi connectivity index (χ1n) is 3.55. The third-order valence-corrected chi connectivity index (χ3v) is 2.17. The van der Waals surface area contributed by atoms with E-state index < -0.39 is 0 Å². The molecule has 3 heteroatoms. The Morgan fingerprint density at radius 3 is 2.50 bits per heavy atom. The minimum absolute atomic E-state index is 0.367. The van der Waals surface area contributed by atoms with E-state index in [1.165, 1.54) is 9.99 Å². The molecular weight excluding hydrogens is 265 g/mol. The quantitative estimate of drug-likeness (QED) is 0.834. The lowest BCUT2D eigenvalue weighted by Crippen LogP contribution is -2.12. The number of hydrogen-bond donors (Lipinski definition) is 1. The van der Waals surface area contributed by atoms with E-state index >= 15 is 0 Å². The average Bonchev–Trinajstić information content (AvgIpc) is 2.03. The van der Waals surface area contributed by atoms with E-state index in [1.54, 1.807) is 0 Å². The summed E-state index contributed by atoms with van der Waals surface area (Å²) in [4.78, 5) is 10.4. The first-order chi connectivity index (χ1) is 5.68. The number of amides is 1. The molecule has 2 N–H and O–H groups in total. The van der Waals surface area contributed by atoms with Crippen molar-refractivity contribution in [3.8, 4) is 0 Å². The number of carbonyl (C=O) groups is 1. The Morgan fingerprint density at radius 1 is 1.42 bits per heavy atom. The van der Waals surface area contributed by atoms with Crippen LogP contribution in [0.15, 0.2) is 24.3 Å². The maximum Gasteiger partial charge on any atom is 0.221 e. The molecule has 0 saturated heterocycles. The van der Waals surface area contributed by atoms with Gasteiger partial charge in [-0.3, -0.25) is 4.79 Å². The average molecular weight is 274 g/mol. The maximum atomic E-state index is 10.4. The molecule has 2 nitrogen and oxygen atoms in total. The Labute approximate surface area is 85.3 Å². The van der Waals surface area contributed by atoms with E-state index in [4.69, 9.17) is 5.73 Å². The third-order valence-electron chi connectivity index (χ3n) is 1.45. The lowest BCUT2D eigenvalue weighted by molar-refractivity contribution is -0.115. The minimum Gasteiger partial charge on any atom is -0.369 e. The van der Waals surface area contributed by atoms with Crippen molar-refractivity contribution in [2.75, 3.05) is 0 Å². The fraction of sp³-hybridized carbons (Fsp3) is 0.111. The van der Waals surface area contributed by atoms with Crippen LogP contribution < -0.4 is 5.73 Å². The van der Waals surface area contributed by atoms with E-state index in [-0.39, 0.29) is 5.91 Å². The highest BCUT2D eigenvalue weighted by Crippen LogP contribution is 2.07. The van der Waals surface area contributed by atoms with Crippen LogP contribution in [-0.4, -0.2) is 5.91 Å². The molecule has 0 aliphatic heterocycles. The van der Waals surface area contributed by atoms with Gasteiger partial charge in [0.25, 0.3) is 0 Å². The number of halogens is 1. The monoisotopic (exact) mass is 274 g/mol. The van der Waals surface area contributed by atoms with Gasteiger partial charge in [0.2, 0.25) is 5.91 Å². The highest BCUT2D eigenvalue weighted by molar-refractivity contribution is 14.1. The van der Waals surface area contributed by atoms with Gasteiger partial charge in [-0.05, 0) is 46.7 Å². The van der Waals surface area contributed by atoms with Crippen LogP contribution in [0.3, 0.4) is 0 Å². The zero-order valence-electron chi connectivity index (χ0n) is 6.46. The maximum absolute atomic E-state index is 10.4. The molecular formula is C9H9INO. The largest absolute Gasteiger partial charge is 0.369 e. The van der Waals surface area contributed by atoms with Gasteiger partial charge in [-0.2, -0.15) is 0 Å². The fourth-order valence-corrected chi connectivity index (χ4v) is 1.20. The van der Waals surface area contributed by atoms with E-state index in [2.05, 4.69) is 22.6 Å². The lowest BCUT2D eigenvalue weighted by Gasteiger charge is -1.97. The van der Waals surface area contributed by atoms with Gasteiger partial charge in [-0.1, -0.05) is 12.1 Å². The molecule has 0 atom stereocenters. The normalized spacial score (nSPS) is 9.75. The van der Waals surface area contributed by atoms with Crippen molar-refractivity contribution in [2.45, 2.75) is 6.42 Å². The van der Waals surface area contributed by atoms with E-state index in [0.717, 1.165) is 5.56 Å². The Balaban J connectivity index is 2.53. The van der Waals surface area contributed by atoms with Gasteiger partial charge in [0, 0.05) is 3.57 Å². The fourth-order valence-electron chi connectivity index (χ4n) is 0.839. The van der Waals surface area contributed by atoms with Gasteiger partial charge in [0.15, 0.2) is 0 Å². The minimum atomic E-state index is -0.367. The van der Waals surface area contributed by atoms with Crippen LogP contribution >= 0.6 is 22.6 Å². The Bertz CT molecular complexity index is 268. The van der Waals surface area contributed by atoms with E-state index in [9.17, 15) is 4.79 Å². The lowest BCUT2D eigenvalue weighted by atomic mass is 10.1. The standard InChI is InChI=1S/C9H9INO/c10-8-4-1-7(2-5-8)3-6-9(11)12/h1-2,4-6H,3H2,(H2,11,12). The van der Waals surface area contributed by atoms with Crippen molar-refractivity contribution in [1.82, 2.24) is 0 Å². The Morgan fingerprint density at radius 2 is 2.00 bits per heavy atom. The second-order valence-electron chi connectivity index (χ2n) is 2.44. The van der Waals surface area contributed by atoms with Crippen molar-refractivity contribution in [1.29, 1.82) is 0 Å². The number of carbonyl (C=O) groups excluding carboxylic acids is 1. The molecule has 1 radical (unpaired) electrons. The smallest absolute Gasteiger partial charge is 0.221 e. The van der Waals surface area contributed by atoms with Crippen LogP contribution in [-0.2, 0) is 11.2 Å². The van der Waals surface area contributed by atoms with E-state index in [1.807, 2.05) is 24.3 Å². The van der Waals surface area contributed by atoms with Crippen LogP contribution in [0.5, 0.6) is 0 Å². The second-order valence-corrected chi connectivity index (χ2v) is 3.68. The van der Waals surface area contributed by atoms with Crippen LogP contribution in [0, 0.1) is 9.99 Å². The molecule has 1 amide bonds. The molecule has 12 heavy (non-hydrogen) atoms. The number of hydrogen-bond acceptors (Lipinski definition) is 1. The SMILES string of the molecule is NC(=O)[CH]Cc1ccc(I)cc1. The molecule has 0 aliphatic carbocycles. The van der Waals surface area contributed by atoms with Crippen LogP contribution in [0.1, 0.15) is 5.56 Å². The number of primary amides is 1. The molecule has 0 saturated carbocycles. The highest BCUT2D eigenvalue weighted by Gasteiger charge is 1.96. The van der Waals surface area contributed by atoms with Crippen molar-refractivity contribution in [3.63, 3.8) is 0 Å². The third kappa shape index (κ3) is 3.21. The first kappa shape index (κ1) is 9.51. The molecule has 1 aromatic rings. The Kier molecular flexibility index (Phi) is 3.52. The van der Waals surface area contributed by atoms with Crippen molar-refractivity contribution in [2.24, 2.45) is 5.73 Å². The summed E-state index contributed by atoms with van der Waals surface area (Å²) in [5.74, 6) is -0.367. The number of rotatable bonds is 3. The second kappa shape index (κ2) is 4.45. The van der Waals surface area contributed by atoms with E-state index in [0.29, 0.717) is 6.42 Å². The molecule has 0 aromatic heterocycles. The van der Waals surface area contributed by atoms with Crippen molar-refractivity contribution >= 4 is 28.5 Å². The zero-order chi connectivity index (χ0) is 8.97. The molecule has 0 aliphatic rings. The van der Waals surface area contributed by atoms with Crippen LogP contribution in [0.4, 0.5) is 0 Å². The molecule has 63 valence electrons. The highest BCUT2D eigenvalue weighted by atomic mass is 127. The van der Waals surface area contributed by atoms with Gasteiger partial charge in [0.1, 0.15) is 0 Å². The molecule has 0 unspecified atom stereocenters. The summed E-state index contributed by atoms with van der Waals surface area (Å²) < 4.78 is 1.19. The van der Waals surface area contributed by atoms with Gasteiger partial charge >= 0.3 is 0 Å². The summed E-state index contributed by atoms with van der Waals surface area (Å²) in [5, 5.41) is 0. The summed E-state index contributed by atoms with van der Waals surface area (Å²) in [6, 6.07) is 7.98. The van der Waals surface area contributed by atoms with Crippen LogP contribution in [0.2, 0.25) is 0 Å². The molecule has 0 spiro atoms. The number of nitrogens with two attached hydrogens (primary N) is 1. The predicted octanol–water partition coefficient (Wildman–Crippen LogP) is 1.52. The Hall–Kier alpha value is -0.580. The number of benzene rings is 1. The summed E-state index contributed by atoms with van der Waals surface area (Å²) in [5.41, 5.74) is 6.08. The summed E-state index contributed by atoms with van der Waals surface area (Å²) >= 11 is 2.24. The topological polar surface area (TPSA) is 43.1 Å². The predicted molar refractivity (Wildman–Crippen MR) is 56.4 cm³/mol. The summed E-state index contributed by atoms with van der Waals surface area (Å²) in [6.45, 7) is 0. The van der Waals surface area contributed by atoms with Crippen molar-refractivity contribution < 1.29 is 4.79 Å². The molecule has 0 bridgehead atoms. The zero-order valence-corrected chi connectivity index (χ0v) is 8.61. The van der Waals surface area contributed by atoms with Crippen molar-refractivity contribution in [3.05, 3.63) is 39.8 Å².